The molecule has 1 unspecified atom stereocenters. The van der Waals surface area contributed by atoms with Gasteiger partial charge in [0, 0.05) is 18.6 Å². The van der Waals surface area contributed by atoms with Crippen LogP contribution in [0.3, 0.4) is 0 Å². The Morgan fingerprint density at radius 3 is 3.00 bits per heavy atom. The number of hydrogen-bond donors (Lipinski definition) is 1. The third-order valence-corrected chi connectivity index (χ3v) is 2.71. The Kier molecular flexibility index (Phi) is 2.04. The van der Waals surface area contributed by atoms with E-state index in [1.807, 2.05) is 42.8 Å². The van der Waals surface area contributed by atoms with Crippen molar-refractivity contribution in [1.82, 2.24) is 9.38 Å². The van der Waals surface area contributed by atoms with Crippen LogP contribution in [-0.4, -0.2) is 14.5 Å². The molecule has 0 amide bonds. The molecule has 0 aliphatic carbocycles. The number of imidazole rings is 1. The Morgan fingerprint density at radius 2 is 2.29 bits per heavy atom. The largest absolute Gasteiger partial charge is 0.385 e. The molecule has 0 radical (unpaired) electrons. The number of fused-ring (bicyclic) bond motifs is 1. The van der Waals surface area contributed by atoms with Crippen LogP contribution in [0.15, 0.2) is 30.7 Å². The van der Waals surface area contributed by atoms with Gasteiger partial charge in [-0.15, -0.1) is 0 Å². The Bertz CT molecular complexity index is 445. The molecule has 1 atom stereocenters. The normalized spacial score (nSPS) is 15.6. The van der Waals surface area contributed by atoms with E-state index in [0.717, 1.165) is 11.2 Å². The number of aromatic nitrogens is 2. The van der Waals surface area contributed by atoms with Crippen LogP contribution in [0.25, 0.3) is 5.65 Å². The van der Waals surface area contributed by atoms with Crippen LogP contribution in [0.5, 0.6) is 0 Å². The van der Waals surface area contributed by atoms with E-state index in [4.69, 9.17) is 0 Å². The van der Waals surface area contributed by atoms with Crippen LogP contribution in [0.2, 0.25) is 0 Å². The SMILES string of the molecule is CCC(C)(O)c1ccn2ccnc2c1. The molecule has 2 rings (SSSR count). The van der Waals surface area contributed by atoms with Crippen molar-refractivity contribution in [2.45, 2.75) is 25.9 Å². The van der Waals surface area contributed by atoms with E-state index in [-0.39, 0.29) is 0 Å². The zero-order valence-corrected chi connectivity index (χ0v) is 8.44. The van der Waals surface area contributed by atoms with Crippen LogP contribution >= 0.6 is 0 Å². The first-order valence-corrected chi connectivity index (χ1v) is 4.79. The second-order valence-corrected chi connectivity index (χ2v) is 3.74. The monoisotopic (exact) mass is 190 g/mol. The zero-order chi connectivity index (χ0) is 10.2. The van der Waals surface area contributed by atoms with Gasteiger partial charge in [-0.2, -0.15) is 0 Å². The van der Waals surface area contributed by atoms with Gasteiger partial charge in [0.25, 0.3) is 0 Å². The maximum absolute atomic E-state index is 10.1. The van der Waals surface area contributed by atoms with Crippen molar-refractivity contribution in [3.05, 3.63) is 36.3 Å². The number of aliphatic hydroxyl groups is 1. The number of nitrogens with zero attached hydrogens (tertiary/aromatic N) is 2. The third kappa shape index (κ3) is 1.40. The van der Waals surface area contributed by atoms with Crippen molar-refractivity contribution in [2.75, 3.05) is 0 Å². The maximum Gasteiger partial charge on any atom is 0.137 e. The highest BCUT2D eigenvalue weighted by molar-refractivity contribution is 5.42. The topological polar surface area (TPSA) is 37.5 Å². The highest BCUT2D eigenvalue weighted by Gasteiger charge is 2.20. The van der Waals surface area contributed by atoms with Gasteiger partial charge in [-0.1, -0.05) is 6.92 Å². The zero-order valence-electron chi connectivity index (χ0n) is 8.44. The molecule has 3 heteroatoms. The summed E-state index contributed by atoms with van der Waals surface area (Å²) in [6.45, 7) is 3.79. The fourth-order valence-electron chi connectivity index (χ4n) is 1.45. The van der Waals surface area contributed by atoms with Crippen LogP contribution in [-0.2, 0) is 5.60 Å². The quantitative estimate of drug-likeness (QED) is 0.786. The van der Waals surface area contributed by atoms with Crippen molar-refractivity contribution >= 4 is 5.65 Å². The molecule has 0 fully saturated rings. The number of hydrogen-bond acceptors (Lipinski definition) is 2. The summed E-state index contributed by atoms with van der Waals surface area (Å²) in [4.78, 5) is 4.18. The Hall–Kier alpha value is -1.35. The van der Waals surface area contributed by atoms with Crippen molar-refractivity contribution in [3.8, 4) is 0 Å². The Balaban J connectivity index is 2.53. The summed E-state index contributed by atoms with van der Waals surface area (Å²) in [6.07, 6.45) is 6.26. The molecule has 0 bridgehead atoms. The van der Waals surface area contributed by atoms with E-state index >= 15 is 0 Å². The smallest absolute Gasteiger partial charge is 0.137 e. The molecule has 0 spiro atoms. The van der Waals surface area contributed by atoms with Gasteiger partial charge in [-0.25, -0.2) is 4.98 Å². The lowest BCUT2D eigenvalue weighted by Crippen LogP contribution is -2.19. The summed E-state index contributed by atoms with van der Waals surface area (Å²) in [5.74, 6) is 0. The molecule has 0 saturated carbocycles. The molecule has 0 aliphatic rings. The van der Waals surface area contributed by atoms with E-state index < -0.39 is 5.60 Å². The fraction of sp³-hybridized carbons (Fsp3) is 0.364. The second-order valence-electron chi connectivity index (χ2n) is 3.74. The van der Waals surface area contributed by atoms with Crippen molar-refractivity contribution in [2.24, 2.45) is 0 Å². The molecule has 2 aromatic heterocycles. The summed E-state index contributed by atoms with van der Waals surface area (Å²) >= 11 is 0. The fourth-order valence-corrected chi connectivity index (χ4v) is 1.45. The lowest BCUT2D eigenvalue weighted by molar-refractivity contribution is 0.0531. The molecule has 2 heterocycles. The highest BCUT2D eigenvalue weighted by atomic mass is 16.3. The molecule has 0 aliphatic heterocycles. The average molecular weight is 190 g/mol. The summed E-state index contributed by atoms with van der Waals surface area (Å²) in [5.41, 5.74) is 1.03. The van der Waals surface area contributed by atoms with E-state index in [9.17, 15) is 5.11 Å². The van der Waals surface area contributed by atoms with E-state index in [2.05, 4.69) is 4.98 Å². The molecule has 1 N–H and O–H groups in total. The van der Waals surface area contributed by atoms with E-state index in [0.29, 0.717) is 6.42 Å². The molecule has 2 aromatic rings. The third-order valence-electron chi connectivity index (χ3n) is 2.71. The van der Waals surface area contributed by atoms with Gasteiger partial charge in [0.05, 0.1) is 5.60 Å². The van der Waals surface area contributed by atoms with E-state index in [1.165, 1.54) is 0 Å². The van der Waals surface area contributed by atoms with E-state index in [1.54, 1.807) is 6.20 Å². The maximum atomic E-state index is 10.1. The number of rotatable bonds is 2. The summed E-state index contributed by atoms with van der Waals surface area (Å²) in [6, 6.07) is 3.85. The molecule has 74 valence electrons. The van der Waals surface area contributed by atoms with Crippen LogP contribution in [0.1, 0.15) is 25.8 Å². The minimum Gasteiger partial charge on any atom is -0.385 e. The first kappa shape index (κ1) is 9.21. The van der Waals surface area contributed by atoms with Gasteiger partial charge in [-0.3, -0.25) is 0 Å². The highest BCUT2D eigenvalue weighted by Crippen LogP contribution is 2.24. The molecule has 3 nitrogen and oxygen atoms in total. The van der Waals surface area contributed by atoms with Crippen LogP contribution in [0, 0.1) is 0 Å². The van der Waals surface area contributed by atoms with Gasteiger partial charge in [0.2, 0.25) is 0 Å². The first-order valence-electron chi connectivity index (χ1n) is 4.79. The lowest BCUT2D eigenvalue weighted by atomic mass is 9.94. The second kappa shape index (κ2) is 3.10. The summed E-state index contributed by atoms with van der Waals surface area (Å²) < 4.78 is 1.93. The standard InChI is InChI=1S/C11H14N2O/c1-3-11(2,14)9-4-6-13-7-5-12-10(13)8-9/h4-8,14H,3H2,1-2H3. The lowest BCUT2D eigenvalue weighted by Gasteiger charge is -2.21. The van der Waals surface area contributed by atoms with Gasteiger partial charge >= 0.3 is 0 Å². The molecule has 14 heavy (non-hydrogen) atoms. The van der Waals surface area contributed by atoms with Crippen molar-refractivity contribution in [1.29, 1.82) is 0 Å². The molecule has 0 saturated heterocycles. The van der Waals surface area contributed by atoms with Gasteiger partial charge in [-0.05, 0) is 31.0 Å². The Labute approximate surface area is 83.0 Å². The molecule has 0 aromatic carbocycles. The summed E-state index contributed by atoms with van der Waals surface area (Å²) in [5, 5.41) is 10.1. The average Bonchev–Trinajstić information content (AvgIpc) is 2.64. The number of pyridine rings is 1. The molecular formula is C11H14N2O. The minimum absolute atomic E-state index is 0.698. The van der Waals surface area contributed by atoms with Crippen LogP contribution < -0.4 is 0 Å². The van der Waals surface area contributed by atoms with Crippen molar-refractivity contribution in [3.63, 3.8) is 0 Å². The van der Waals surface area contributed by atoms with Gasteiger partial charge in [0.1, 0.15) is 5.65 Å². The van der Waals surface area contributed by atoms with Crippen LogP contribution in [0.4, 0.5) is 0 Å². The minimum atomic E-state index is -0.756. The van der Waals surface area contributed by atoms with Crippen molar-refractivity contribution < 1.29 is 5.11 Å². The van der Waals surface area contributed by atoms with Gasteiger partial charge < -0.3 is 9.51 Å². The van der Waals surface area contributed by atoms with Gasteiger partial charge in [0.15, 0.2) is 0 Å². The summed E-state index contributed by atoms with van der Waals surface area (Å²) in [7, 11) is 0. The first-order chi connectivity index (χ1) is 6.63. The Morgan fingerprint density at radius 1 is 1.50 bits per heavy atom. The molecular weight excluding hydrogens is 176 g/mol. The predicted molar refractivity (Wildman–Crippen MR) is 55.1 cm³/mol. The predicted octanol–water partition coefficient (Wildman–Crippen LogP) is 1.95.